The topological polar surface area (TPSA) is 17.1 Å². The molecule has 1 aromatic rings. The van der Waals surface area contributed by atoms with E-state index in [4.69, 9.17) is 0 Å². The Balaban J connectivity index is 2.88. The highest BCUT2D eigenvalue weighted by molar-refractivity contribution is 8.02. The Hall–Kier alpha value is -1.24. The monoisotopic (exact) mass is 288 g/mol. The molecule has 0 aromatic heterocycles. The maximum atomic E-state index is 11.9. The summed E-state index contributed by atoms with van der Waals surface area (Å²) < 4.78 is 0. The highest BCUT2D eigenvalue weighted by atomic mass is 32.2. The molecule has 100 valence electrons. The zero-order valence-corrected chi connectivity index (χ0v) is 14.0. The molecular formula is C16H20OSSi. The van der Waals surface area contributed by atoms with Crippen LogP contribution in [0.15, 0.2) is 35.2 Å². The summed E-state index contributed by atoms with van der Waals surface area (Å²) in [7, 11) is -1.34. The van der Waals surface area contributed by atoms with Crippen LogP contribution in [0.25, 0.3) is 0 Å². The second kappa shape index (κ2) is 6.79. The summed E-state index contributed by atoms with van der Waals surface area (Å²) in [4.78, 5) is 12.9. The van der Waals surface area contributed by atoms with Gasteiger partial charge in [-0.25, -0.2) is 0 Å². The Morgan fingerprint density at radius 3 is 2.26 bits per heavy atom. The molecule has 0 fully saturated rings. The van der Waals surface area contributed by atoms with E-state index in [1.807, 2.05) is 37.4 Å². The van der Waals surface area contributed by atoms with E-state index < -0.39 is 8.07 Å². The molecule has 0 atom stereocenters. The largest absolute Gasteiger partial charge is 0.289 e. The minimum absolute atomic E-state index is 0.0524. The highest BCUT2D eigenvalue weighted by Crippen LogP contribution is 2.12. The SMILES string of the molecule is CS/C(C)=C\C(=O)c1ccc(C#C[Si](C)(C)C)cc1. The molecule has 0 N–H and O–H groups in total. The molecule has 3 heteroatoms. The van der Waals surface area contributed by atoms with Crippen LogP contribution in [0.4, 0.5) is 0 Å². The Morgan fingerprint density at radius 1 is 1.21 bits per heavy atom. The van der Waals surface area contributed by atoms with Crippen LogP contribution >= 0.6 is 11.8 Å². The normalized spacial score (nSPS) is 11.7. The lowest BCUT2D eigenvalue weighted by atomic mass is 10.1. The van der Waals surface area contributed by atoms with E-state index in [1.54, 1.807) is 17.8 Å². The van der Waals surface area contributed by atoms with Crippen molar-refractivity contribution in [3.8, 4) is 11.5 Å². The fourth-order valence-electron chi connectivity index (χ4n) is 1.30. The second-order valence-electron chi connectivity index (χ2n) is 5.40. The van der Waals surface area contributed by atoms with Gasteiger partial charge in [0.05, 0.1) is 0 Å². The van der Waals surface area contributed by atoms with Crippen molar-refractivity contribution in [2.24, 2.45) is 0 Å². The van der Waals surface area contributed by atoms with Crippen LogP contribution in [0.3, 0.4) is 0 Å². The number of thioether (sulfide) groups is 1. The average Bonchev–Trinajstić information content (AvgIpc) is 2.36. The molecule has 0 spiro atoms. The van der Waals surface area contributed by atoms with E-state index in [1.165, 1.54) is 0 Å². The zero-order chi connectivity index (χ0) is 14.5. The first kappa shape index (κ1) is 15.8. The van der Waals surface area contributed by atoms with E-state index in [2.05, 4.69) is 31.1 Å². The summed E-state index contributed by atoms with van der Waals surface area (Å²) in [5, 5.41) is 0. The molecule has 1 nitrogen and oxygen atoms in total. The van der Waals surface area contributed by atoms with Crippen molar-refractivity contribution < 1.29 is 4.79 Å². The molecule has 0 aliphatic heterocycles. The minimum Gasteiger partial charge on any atom is -0.289 e. The van der Waals surface area contributed by atoms with Crippen LogP contribution < -0.4 is 0 Å². The van der Waals surface area contributed by atoms with Crippen LogP contribution in [0.1, 0.15) is 22.8 Å². The van der Waals surface area contributed by atoms with Gasteiger partial charge in [-0.2, -0.15) is 0 Å². The first-order valence-corrected chi connectivity index (χ1v) is 10.9. The smallest absolute Gasteiger partial charge is 0.186 e. The second-order valence-corrected chi connectivity index (χ2v) is 11.2. The third kappa shape index (κ3) is 5.95. The Bertz CT molecular complexity index is 539. The van der Waals surface area contributed by atoms with Gasteiger partial charge in [0.1, 0.15) is 8.07 Å². The van der Waals surface area contributed by atoms with Crippen molar-refractivity contribution in [1.82, 2.24) is 0 Å². The van der Waals surface area contributed by atoms with E-state index in [0.29, 0.717) is 5.56 Å². The van der Waals surface area contributed by atoms with Crippen LogP contribution in [-0.2, 0) is 0 Å². The molecule has 0 bridgehead atoms. The predicted molar refractivity (Wildman–Crippen MR) is 88.3 cm³/mol. The lowest BCUT2D eigenvalue weighted by molar-refractivity contribution is 0.104. The van der Waals surface area contributed by atoms with Crippen molar-refractivity contribution in [3.63, 3.8) is 0 Å². The van der Waals surface area contributed by atoms with Crippen LogP contribution in [0.5, 0.6) is 0 Å². The van der Waals surface area contributed by atoms with E-state index in [9.17, 15) is 4.79 Å². The van der Waals surface area contributed by atoms with Gasteiger partial charge in [0.25, 0.3) is 0 Å². The quantitative estimate of drug-likeness (QED) is 0.356. The fourth-order valence-corrected chi connectivity index (χ4v) is 2.05. The average molecular weight is 288 g/mol. The molecule has 0 unspecified atom stereocenters. The molecule has 0 aliphatic carbocycles. The minimum atomic E-state index is -1.34. The Kier molecular flexibility index (Phi) is 5.65. The first-order chi connectivity index (χ1) is 8.81. The number of benzene rings is 1. The number of ketones is 1. The number of carbonyl (C=O) groups is 1. The molecule has 0 aliphatic rings. The molecule has 0 heterocycles. The third-order valence-corrected chi connectivity index (χ3v) is 4.04. The summed E-state index contributed by atoms with van der Waals surface area (Å²) in [5.74, 6) is 3.24. The van der Waals surface area contributed by atoms with Gasteiger partial charge in [-0.05, 0) is 48.4 Å². The summed E-state index contributed by atoms with van der Waals surface area (Å²) in [6.07, 6.45) is 3.64. The molecule has 0 saturated heterocycles. The van der Waals surface area contributed by atoms with Gasteiger partial charge in [0.2, 0.25) is 0 Å². The van der Waals surface area contributed by atoms with E-state index in [0.717, 1.165) is 10.5 Å². The summed E-state index contributed by atoms with van der Waals surface area (Å²) in [6.45, 7) is 8.59. The zero-order valence-electron chi connectivity index (χ0n) is 12.2. The standard InChI is InChI=1S/C16H20OSSi/c1-13(18-2)12-16(17)15-8-6-14(7-9-15)10-11-19(3,4)5/h6-9,12H,1-5H3/b13-12-. The van der Waals surface area contributed by atoms with Gasteiger partial charge in [-0.1, -0.05) is 25.6 Å². The van der Waals surface area contributed by atoms with Gasteiger partial charge < -0.3 is 0 Å². The summed E-state index contributed by atoms with van der Waals surface area (Å²) >= 11 is 1.58. The number of carbonyl (C=O) groups excluding carboxylic acids is 1. The lowest BCUT2D eigenvalue weighted by Crippen LogP contribution is -2.16. The van der Waals surface area contributed by atoms with Gasteiger partial charge >= 0.3 is 0 Å². The Labute approximate surface area is 121 Å². The number of hydrogen-bond donors (Lipinski definition) is 0. The molecule has 1 rings (SSSR count). The van der Waals surface area contributed by atoms with Crippen LogP contribution in [0.2, 0.25) is 19.6 Å². The molecular weight excluding hydrogens is 268 g/mol. The summed E-state index contributed by atoms with van der Waals surface area (Å²) in [5.41, 5.74) is 5.01. The number of allylic oxidation sites excluding steroid dienone is 2. The highest BCUT2D eigenvalue weighted by Gasteiger charge is 2.07. The third-order valence-electron chi connectivity index (χ3n) is 2.41. The first-order valence-electron chi connectivity index (χ1n) is 6.22. The van der Waals surface area contributed by atoms with Gasteiger partial charge in [0, 0.05) is 11.1 Å². The predicted octanol–water partition coefficient (Wildman–Crippen LogP) is 4.37. The van der Waals surface area contributed by atoms with Crippen molar-refractivity contribution in [3.05, 3.63) is 46.4 Å². The number of hydrogen-bond acceptors (Lipinski definition) is 2. The van der Waals surface area contributed by atoms with Crippen molar-refractivity contribution in [1.29, 1.82) is 0 Å². The van der Waals surface area contributed by atoms with Crippen molar-refractivity contribution in [2.75, 3.05) is 6.26 Å². The van der Waals surface area contributed by atoms with Gasteiger partial charge in [-0.15, -0.1) is 17.3 Å². The maximum Gasteiger partial charge on any atom is 0.186 e. The molecule has 0 radical (unpaired) electrons. The Morgan fingerprint density at radius 2 is 1.79 bits per heavy atom. The molecule has 1 aromatic carbocycles. The fraction of sp³-hybridized carbons (Fsp3) is 0.312. The van der Waals surface area contributed by atoms with Crippen LogP contribution in [0, 0.1) is 11.5 Å². The van der Waals surface area contributed by atoms with Gasteiger partial charge in [-0.3, -0.25) is 4.79 Å². The van der Waals surface area contributed by atoms with Crippen molar-refractivity contribution >= 4 is 25.6 Å². The number of rotatable bonds is 3. The van der Waals surface area contributed by atoms with Crippen LogP contribution in [-0.4, -0.2) is 20.1 Å². The molecule has 19 heavy (non-hydrogen) atoms. The van der Waals surface area contributed by atoms with E-state index >= 15 is 0 Å². The molecule has 0 saturated carbocycles. The maximum absolute atomic E-state index is 11.9. The van der Waals surface area contributed by atoms with E-state index in [-0.39, 0.29) is 5.78 Å². The summed E-state index contributed by atoms with van der Waals surface area (Å²) in [6, 6.07) is 7.53. The molecule has 0 amide bonds. The van der Waals surface area contributed by atoms with Crippen molar-refractivity contribution in [2.45, 2.75) is 26.6 Å². The van der Waals surface area contributed by atoms with Gasteiger partial charge in [0.15, 0.2) is 5.78 Å². The lowest BCUT2D eigenvalue weighted by Gasteiger charge is -2.03.